The maximum absolute atomic E-state index is 12.6. The third-order valence-electron chi connectivity index (χ3n) is 4.58. The van der Waals surface area contributed by atoms with Gasteiger partial charge in [0.25, 0.3) is 5.91 Å². The van der Waals surface area contributed by atoms with Crippen LogP contribution in [0.2, 0.25) is 0 Å². The Balaban J connectivity index is 1.56. The summed E-state index contributed by atoms with van der Waals surface area (Å²) in [4.78, 5) is 40.0. The molecule has 2 heterocycles. The summed E-state index contributed by atoms with van der Waals surface area (Å²) in [6, 6.07) is 6.56. The monoisotopic (exact) mass is 404 g/mol. The molecule has 0 bridgehead atoms. The van der Waals surface area contributed by atoms with E-state index >= 15 is 0 Å². The summed E-state index contributed by atoms with van der Waals surface area (Å²) >= 11 is 0. The number of rotatable bonds is 3. The molecule has 29 heavy (non-hydrogen) atoms. The van der Waals surface area contributed by atoms with Crippen LogP contribution in [-0.4, -0.2) is 73.8 Å². The molecule has 2 N–H and O–H groups in total. The minimum absolute atomic E-state index is 0.0818. The Morgan fingerprint density at radius 1 is 1.21 bits per heavy atom. The quantitative estimate of drug-likeness (QED) is 0.785. The van der Waals surface area contributed by atoms with E-state index < -0.39 is 17.7 Å². The van der Waals surface area contributed by atoms with E-state index in [-0.39, 0.29) is 25.0 Å². The number of hydrogen-bond donors (Lipinski definition) is 2. The zero-order valence-corrected chi connectivity index (χ0v) is 17.1. The number of benzene rings is 1. The number of morpholine rings is 1. The van der Waals surface area contributed by atoms with Crippen LogP contribution in [0.25, 0.3) is 0 Å². The number of carbonyl (C=O) groups excluding carboxylic acids is 3. The highest BCUT2D eigenvalue weighted by atomic mass is 16.6. The lowest BCUT2D eigenvalue weighted by Gasteiger charge is -2.34. The molecular formula is C20H28N4O5. The molecule has 1 aromatic carbocycles. The maximum Gasteiger partial charge on any atom is 0.410 e. The van der Waals surface area contributed by atoms with Crippen LogP contribution in [0.3, 0.4) is 0 Å². The van der Waals surface area contributed by atoms with E-state index in [2.05, 4.69) is 10.6 Å². The zero-order chi connectivity index (χ0) is 21.0. The summed E-state index contributed by atoms with van der Waals surface area (Å²) in [5.41, 5.74) is 0.808. The van der Waals surface area contributed by atoms with Crippen molar-refractivity contribution in [2.45, 2.75) is 32.4 Å². The van der Waals surface area contributed by atoms with Gasteiger partial charge in [-0.15, -0.1) is 0 Å². The first kappa shape index (κ1) is 21.1. The van der Waals surface area contributed by atoms with E-state index in [1.54, 1.807) is 34.1 Å². The van der Waals surface area contributed by atoms with Crippen molar-refractivity contribution in [2.75, 3.05) is 49.6 Å². The van der Waals surface area contributed by atoms with Crippen LogP contribution >= 0.6 is 0 Å². The lowest BCUT2D eigenvalue weighted by molar-refractivity contribution is -0.125. The van der Waals surface area contributed by atoms with Gasteiger partial charge in [0.1, 0.15) is 18.2 Å². The predicted molar refractivity (Wildman–Crippen MR) is 108 cm³/mol. The summed E-state index contributed by atoms with van der Waals surface area (Å²) in [7, 11) is 0. The number of carbonyl (C=O) groups is 3. The Morgan fingerprint density at radius 2 is 1.93 bits per heavy atom. The predicted octanol–water partition coefficient (Wildman–Crippen LogP) is 1.20. The summed E-state index contributed by atoms with van der Waals surface area (Å²) in [5, 5.41) is 5.98. The highest BCUT2D eigenvalue weighted by molar-refractivity contribution is 5.97. The molecule has 2 aliphatic rings. The van der Waals surface area contributed by atoms with Gasteiger partial charge in [-0.1, -0.05) is 0 Å². The molecule has 2 saturated heterocycles. The van der Waals surface area contributed by atoms with Gasteiger partial charge < -0.3 is 29.9 Å². The van der Waals surface area contributed by atoms with Gasteiger partial charge in [-0.05, 0) is 45.0 Å². The van der Waals surface area contributed by atoms with Crippen molar-refractivity contribution in [1.29, 1.82) is 0 Å². The summed E-state index contributed by atoms with van der Waals surface area (Å²) in [5.74, 6) is -0.310. The van der Waals surface area contributed by atoms with Crippen molar-refractivity contribution in [3.05, 3.63) is 24.3 Å². The number of nitrogens with zero attached hydrogens (tertiary/aromatic N) is 2. The molecule has 1 unspecified atom stereocenters. The summed E-state index contributed by atoms with van der Waals surface area (Å²) in [6.45, 7) is 7.77. The Labute approximate surface area is 170 Å². The molecule has 0 saturated carbocycles. The minimum atomic E-state index is -0.580. The van der Waals surface area contributed by atoms with Crippen molar-refractivity contribution >= 4 is 29.3 Å². The van der Waals surface area contributed by atoms with Crippen molar-refractivity contribution in [2.24, 2.45) is 0 Å². The van der Waals surface area contributed by atoms with E-state index in [0.717, 1.165) is 5.69 Å². The summed E-state index contributed by atoms with van der Waals surface area (Å²) in [6.07, 6.45) is -0.420. The number of amides is 3. The van der Waals surface area contributed by atoms with Gasteiger partial charge in [0.15, 0.2) is 0 Å². The number of piperazine rings is 1. The molecule has 2 aliphatic heterocycles. The number of hydrogen-bond acceptors (Lipinski definition) is 6. The molecule has 1 aromatic rings. The van der Waals surface area contributed by atoms with Crippen molar-refractivity contribution in [1.82, 2.24) is 10.2 Å². The van der Waals surface area contributed by atoms with Gasteiger partial charge in [0.2, 0.25) is 5.91 Å². The Hall–Kier alpha value is -2.65. The first-order valence-corrected chi connectivity index (χ1v) is 9.73. The third-order valence-corrected chi connectivity index (χ3v) is 4.58. The molecule has 2 fully saturated rings. The fourth-order valence-corrected chi connectivity index (χ4v) is 3.16. The summed E-state index contributed by atoms with van der Waals surface area (Å²) < 4.78 is 10.5. The third kappa shape index (κ3) is 5.68. The largest absolute Gasteiger partial charge is 0.444 e. The molecule has 0 aliphatic carbocycles. The lowest BCUT2D eigenvalue weighted by Crippen LogP contribution is -2.57. The van der Waals surface area contributed by atoms with Gasteiger partial charge in [0, 0.05) is 37.6 Å². The standard InChI is InChI=1S/C20H28N4O5/c1-20(2,3)29-19(27)23-9-8-21-16(12-23)18(26)22-14-4-6-15(7-5-14)24-10-11-28-13-17(24)25/h4-7,16,21H,8-13H2,1-3H3,(H,22,26). The number of nitrogens with one attached hydrogen (secondary N) is 2. The van der Waals surface area contributed by atoms with E-state index in [1.165, 1.54) is 0 Å². The molecule has 158 valence electrons. The molecule has 9 nitrogen and oxygen atoms in total. The Morgan fingerprint density at radius 3 is 2.59 bits per heavy atom. The number of ether oxygens (including phenoxy) is 2. The highest BCUT2D eigenvalue weighted by Crippen LogP contribution is 2.20. The second kappa shape index (κ2) is 8.79. The van der Waals surface area contributed by atoms with E-state index in [4.69, 9.17) is 9.47 Å². The van der Waals surface area contributed by atoms with Crippen LogP contribution in [0.15, 0.2) is 24.3 Å². The maximum atomic E-state index is 12.6. The Kier molecular flexibility index (Phi) is 6.39. The van der Waals surface area contributed by atoms with Crippen LogP contribution in [0.1, 0.15) is 20.8 Å². The SMILES string of the molecule is CC(C)(C)OC(=O)N1CCNC(C(=O)Nc2ccc(N3CCOCC3=O)cc2)C1. The lowest BCUT2D eigenvalue weighted by atomic mass is 10.2. The van der Waals surface area contributed by atoms with Crippen molar-refractivity contribution < 1.29 is 23.9 Å². The molecule has 0 spiro atoms. The zero-order valence-electron chi connectivity index (χ0n) is 17.1. The molecule has 1 atom stereocenters. The first-order chi connectivity index (χ1) is 13.7. The molecule has 9 heteroatoms. The molecular weight excluding hydrogens is 376 g/mol. The Bertz CT molecular complexity index is 759. The average molecular weight is 404 g/mol. The van der Waals surface area contributed by atoms with Crippen LogP contribution in [0.5, 0.6) is 0 Å². The van der Waals surface area contributed by atoms with Crippen LogP contribution in [0.4, 0.5) is 16.2 Å². The van der Waals surface area contributed by atoms with Gasteiger partial charge >= 0.3 is 6.09 Å². The van der Waals surface area contributed by atoms with Crippen LogP contribution in [-0.2, 0) is 19.1 Å². The van der Waals surface area contributed by atoms with E-state index in [1.807, 2.05) is 20.8 Å². The fraction of sp³-hybridized carbons (Fsp3) is 0.550. The second-order valence-electron chi connectivity index (χ2n) is 8.07. The first-order valence-electron chi connectivity index (χ1n) is 9.73. The molecule has 3 amide bonds. The average Bonchev–Trinajstić information content (AvgIpc) is 2.68. The highest BCUT2D eigenvalue weighted by Gasteiger charge is 2.30. The minimum Gasteiger partial charge on any atom is -0.444 e. The van der Waals surface area contributed by atoms with E-state index in [0.29, 0.717) is 31.9 Å². The normalized spacial score (nSPS) is 20.4. The topological polar surface area (TPSA) is 100 Å². The molecule has 3 rings (SSSR count). The van der Waals surface area contributed by atoms with Crippen molar-refractivity contribution in [3.63, 3.8) is 0 Å². The van der Waals surface area contributed by atoms with Crippen LogP contribution < -0.4 is 15.5 Å². The van der Waals surface area contributed by atoms with Gasteiger partial charge in [-0.2, -0.15) is 0 Å². The van der Waals surface area contributed by atoms with Crippen molar-refractivity contribution in [3.8, 4) is 0 Å². The molecule has 0 aromatic heterocycles. The van der Waals surface area contributed by atoms with Gasteiger partial charge in [-0.3, -0.25) is 9.59 Å². The fourth-order valence-electron chi connectivity index (χ4n) is 3.16. The molecule has 0 radical (unpaired) electrons. The number of anilines is 2. The second-order valence-corrected chi connectivity index (χ2v) is 8.07. The van der Waals surface area contributed by atoms with Crippen LogP contribution in [0, 0.1) is 0 Å². The smallest absolute Gasteiger partial charge is 0.410 e. The van der Waals surface area contributed by atoms with Gasteiger partial charge in [0.05, 0.1) is 6.61 Å². The van der Waals surface area contributed by atoms with Gasteiger partial charge in [-0.25, -0.2) is 4.79 Å². The van der Waals surface area contributed by atoms with E-state index in [9.17, 15) is 14.4 Å².